The van der Waals surface area contributed by atoms with Crippen LogP contribution in [-0.4, -0.2) is 47.7 Å². The zero-order valence-corrected chi connectivity index (χ0v) is 20.1. The maximum absolute atomic E-state index is 13.1. The number of hydrogen-bond acceptors (Lipinski definition) is 6. The molecule has 0 spiro atoms. The molecule has 2 heterocycles. The van der Waals surface area contributed by atoms with E-state index in [1.807, 2.05) is 12.1 Å². The highest BCUT2D eigenvalue weighted by Gasteiger charge is 2.58. The van der Waals surface area contributed by atoms with Gasteiger partial charge < -0.3 is 14.6 Å². The lowest BCUT2D eigenvalue weighted by Crippen LogP contribution is -2.38. The Kier molecular flexibility index (Phi) is 7.22. The van der Waals surface area contributed by atoms with Crippen molar-refractivity contribution in [1.29, 1.82) is 0 Å². The smallest absolute Gasteiger partial charge is 0.423 e. The summed E-state index contributed by atoms with van der Waals surface area (Å²) < 4.78 is 10.9. The number of phenols is 1. The number of hydrogen-bond donors (Lipinski definition) is 1. The van der Waals surface area contributed by atoms with Gasteiger partial charge in [-0.25, -0.2) is 4.79 Å². The molecule has 3 aliphatic rings. The molecule has 1 aromatic rings. The van der Waals surface area contributed by atoms with Crippen LogP contribution in [0.4, 0.5) is 4.79 Å². The average Bonchev–Trinajstić information content (AvgIpc) is 3.35. The molecule has 0 radical (unpaired) electrons. The highest BCUT2D eigenvalue weighted by Crippen LogP contribution is 2.50. The van der Waals surface area contributed by atoms with Crippen molar-refractivity contribution in [2.24, 2.45) is 17.8 Å². The number of likely N-dealkylation sites (tertiary alicyclic amines) is 1. The number of methoxy groups -OCH3 is 1. The predicted molar refractivity (Wildman–Crippen MR) is 127 cm³/mol. The normalized spacial score (nSPS) is 26.7. The number of allylic oxidation sites excluding steroid dienone is 2. The Morgan fingerprint density at radius 3 is 2.71 bits per heavy atom. The number of ether oxygens (including phenoxy) is 2. The van der Waals surface area contributed by atoms with Crippen LogP contribution in [0.3, 0.4) is 0 Å². The van der Waals surface area contributed by atoms with Crippen LogP contribution in [0.25, 0.3) is 6.08 Å². The zero-order valence-electron chi connectivity index (χ0n) is 20.1. The number of carbonyl (C=O) groups excluding carboxylic acids is 3. The molecule has 1 aliphatic carbocycles. The van der Waals surface area contributed by atoms with Gasteiger partial charge in [-0.15, -0.1) is 0 Å². The molecule has 2 fully saturated rings. The van der Waals surface area contributed by atoms with Gasteiger partial charge in [0.25, 0.3) is 0 Å². The third kappa shape index (κ3) is 4.41. The van der Waals surface area contributed by atoms with Gasteiger partial charge >= 0.3 is 6.09 Å². The van der Waals surface area contributed by atoms with E-state index in [1.54, 1.807) is 12.1 Å². The molecule has 34 heavy (non-hydrogen) atoms. The van der Waals surface area contributed by atoms with Crippen LogP contribution >= 0.6 is 0 Å². The lowest BCUT2D eigenvalue weighted by molar-refractivity contribution is -0.137. The minimum Gasteiger partial charge on any atom is -0.508 e. The molecule has 1 N–H and O–H groups in total. The second-order valence-electron chi connectivity index (χ2n) is 9.35. The number of imide groups is 3. The molecule has 7 heteroatoms. The molecule has 2 aliphatic heterocycles. The van der Waals surface area contributed by atoms with Crippen molar-refractivity contribution in [3.8, 4) is 5.75 Å². The Morgan fingerprint density at radius 2 is 2.03 bits per heavy atom. The van der Waals surface area contributed by atoms with Crippen LogP contribution in [0.2, 0.25) is 0 Å². The van der Waals surface area contributed by atoms with Crippen LogP contribution in [0.5, 0.6) is 5.75 Å². The standard InChI is InChI=1S/C27H33NO6/c1-4-7-18-14-20-24(26(31)28(25(20)30)27(32)33-3)21-15-34-22(23(18)21)11-10-16(5-2)12-17-8-6-9-19(29)13-17/h6,8-9,12-13,20-22,24,29H,4-5,7,10-11,14-15H2,1-3H3/b16-12+/t20-,21+,22-,24-/m1/s1. The topological polar surface area (TPSA) is 93.1 Å². The predicted octanol–water partition coefficient (Wildman–Crippen LogP) is 4.85. The average molecular weight is 468 g/mol. The third-order valence-electron chi connectivity index (χ3n) is 7.34. The van der Waals surface area contributed by atoms with Gasteiger partial charge in [-0.3, -0.25) is 9.59 Å². The molecule has 0 bridgehead atoms. The molecule has 3 amide bonds. The van der Waals surface area contributed by atoms with Crippen molar-refractivity contribution >= 4 is 24.0 Å². The number of aromatic hydroxyl groups is 1. The second-order valence-corrected chi connectivity index (χ2v) is 9.35. The number of phenolic OH excluding ortho intramolecular Hbond substituents is 1. The fourth-order valence-electron chi connectivity index (χ4n) is 5.80. The quantitative estimate of drug-likeness (QED) is 0.455. The van der Waals surface area contributed by atoms with E-state index >= 15 is 0 Å². The van der Waals surface area contributed by atoms with Crippen molar-refractivity contribution in [1.82, 2.24) is 4.90 Å². The van der Waals surface area contributed by atoms with Crippen LogP contribution in [0, 0.1) is 17.8 Å². The van der Waals surface area contributed by atoms with Gasteiger partial charge in [0.15, 0.2) is 0 Å². The van der Waals surface area contributed by atoms with Gasteiger partial charge in [-0.2, -0.15) is 4.90 Å². The van der Waals surface area contributed by atoms with Gasteiger partial charge in [-0.05, 0) is 55.4 Å². The fourth-order valence-corrected chi connectivity index (χ4v) is 5.80. The molecule has 1 aromatic carbocycles. The first-order valence-corrected chi connectivity index (χ1v) is 12.2. The lowest BCUT2D eigenvalue weighted by Gasteiger charge is -2.31. The molecule has 7 nitrogen and oxygen atoms in total. The largest absolute Gasteiger partial charge is 0.508 e. The minimum atomic E-state index is -0.900. The van der Waals surface area contributed by atoms with E-state index in [0.29, 0.717) is 17.9 Å². The monoisotopic (exact) mass is 467 g/mol. The van der Waals surface area contributed by atoms with Crippen molar-refractivity contribution in [3.05, 3.63) is 46.5 Å². The first-order chi connectivity index (χ1) is 16.4. The van der Waals surface area contributed by atoms with E-state index in [-0.39, 0.29) is 17.8 Å². The fraction of sp³-hybridized carbons (Fsp3) is 0.519. The number of carbonyl (C=O) groups is 3. The summed E-state index contributed by atoms with van der Waals surface area (Å²) >= 11 is 0. The number of fused-ring (bicyclic) bond motifs is 3. The van der Waals surface area contributed by atoms with Gasteiger partial charge in [0, 0.05) is 5.92 Å². The Hall–Kier alpha value is -2.93. The molecule has 2 saturated heterocycles. The molecule has 0 unspecified atom stereocenters. The van der Waals surface area contributed by atoms with E-state index in [2.05, 4.69) is 19.9 Å². The molecular formula is C27H33NO6. The van der Waals surface area contributed by atoms with Crippen molar-refractivity contribution < 1.29 is 29.0 Å². The van der Waals surface area contributed by atoms with Gasteiger partial charge in [0.2, 0.25) is 11.8 Å². The summed E-state index contributed by atoms with van der Waals surface area (Å²) in [4.78, 5) is 38.9. The van der Waals surface area contributed by atoms with Crippen molar-refractivity contribution in [3.63, 3.8) is 0 Å². The maximum Gasteiger partial charge on any atom is 0.423 e. The zero-order chi connectivity index (χ0) is 24.4. The molecular weight excluding hydrogens is 434 g/mol. The summed E-state index contributed by atoms with van der Waals surface area (Å²) in [6, 6.07) is 7.20. The first kappa shape index (κ1) is 24.2. The minimum absolute atomic E-state index is 0.0956. The number of rotatable bonds is 7. The Labute approximate surface area is 200 Å². The van der Waals surface area contributed by atoms with Gasteiger partial charge in [0.05, 0.1) is 31.7 Å². The van der Waals surface area contributed by atoms with E-state index in [4.69, 9.17) is 9.47 Å². The lowest BCUT2D eigenvalue weighted by atomic mass is 9.68. The molecule has 182 valence electrons. The van der Waals surface area contributed by atoms with E-state index < -0.39 is 29.7 Å². The van der Waals surface area contributed by atoms with E-state index in [9.17, 15) is 19.5 Å². The highest BCUT2D eigenvalue weighted by molar-refractivity contribution is 6.16. The van der Waals surface area contributed by atoms with Crippen LogP contribution in [-0.2, 0) is 19.1 Å². The molecule has 4 atom stereocenters. The van der Waals surface area contributed by atoms with Crippen LogP contribution in [0.15, 0.2) is 41.0 Å². The Morgan fingerprint density at radius 1 is 1.24 bits per heavy atom. The van der Waals surface area contributed by atoms with Gasteiger partial charge in [0.1, 0.15) is 5.75 Å². The number of nitrogens with zero attached hydrogens (tertiary/aromatic N) is 1. The van der Waals surface area contributed by atoms with Crippen molar-refractivity contribution in [2.45, 2.75) is 58.5 Å². The summed E-state index contributed by atoms with van der Waals surface area (Å²) in [7, 11) is 1.18. The maximum atomic E-state index is 13.1. The van der Waals surface area contributed by atoms with Gasteiger partial charge in [-0.1, -0.05) is 49.6 Å². The Balaban J connectivity index is 1.56. The third-order valence-corrected chi connectivity index (χ3v) is 7.34. The summed E-state index contributed by atoms with van der Waals surface area (Å²) in [5.41, 5.74) is 4.60. The number of benzene rings is 1. The summed E-state index contributed by atoms with van der Waals surface area (Å²) in [5.74, 6) is -1.89. The number of amides is 3. The summed E-state index contributed by atoms with van der Waals surface area (Å²) in [6.07, 6.45) is 5.92. The van der Waals surface area contributed by atoms with Crippen LogP contribution < -0.4 is 0 Å². The van der Waals surface area contributed by atoms with Crippen molar-refractivity contribution in [2.75, 3.05) is 13.7 Å². The SMILES string of the molecule is CCCC1=C2[C@@H](CC/C(=C/c3cccc(O)c3)CC)OC[C@@H]2[C@@H]2C(=O)N(C(=O)OC)C(=O)[C@@H]2C1. The Bertz CT molecular complexity index is 1040. The second kappa shape index (κ2) is 10.1. The van der Waals surface area contributed by atoms with E-state index in [0.717, 1.165) is 37.7 Å². The highest BCUT2D eigenvalue weighted by atomic mass is 16.5. The molecule has 0 aromatic heterocycles. The molecule has 4 rings (SSSR count). The van der Waals surface area contributed by atoms with Crippen LogP contribution in [0.1, 0.15) is 57.9 Å². The van der Waals surface area contributed by atoms with E-state index in [1.165, 1.54) is 23.8 Å². The first-order valence-electron chi connectivity index (χ1n) is 12.2. The summed E-state index contributed by atoms with van der Waals surface area (Å²) in [6.45, 7) is 4.61. The molecule has 0 saturated carbocycles. The summed E-state index contributed by atoms with van der Waals surface area (Å²) in [5, 5.41) is 9.75.